The highest BCUT2D eigenvalue weighted by atomic mass is 32.1. The van der Waals surface area contributed by atoms with E-state index in [9.17, 15) is 13.2 Å². The van der Waals surface area contributed by atoms with Crippen LogP contribution in [0.1, 0.15) is 4.88 Å². The quantitative estimate of drug-likeness (QED) is 0.689. The average Bonchev–Trinajstić information content (AvgIpc) is 2.94. The molecule has 4 nitrogen and oxygen atoms in total. The Balaban J connectivity index is 2.14. The van der Waals surface area contributed by atoms with Crippen LogP contribution in [0.3, 0.4) is 0 Å². The fraction of sp³-hybridized carbons (Fsp3) is 0.182. The minimum Gasteiger partial charge on any atom is -0.324 e. The number of hydrogen-bond acceptors (Lipinski definition) is 4. The molecule has 3 rings (SSSR count). The first kappa shape index (κ1) is 12.1. The maximum atomic E-state index is 12.6. The molecule has 19 heavy (non-hydrogen) atoms. The van der Waals surface area contributed by atoms with E-state index in [2.05, 4.69) is 15.0 Å². The van der Waals surface area contributed by atoms with Gasteiger partial charge in [-0.2, -0.15) is 13.2 Å². The molecule has 0 aliphatic heterocycles. The van der Waals surface area contributed by atoms with E-state index >= 15 is 0 Å². The fourth-order valence-corrected chi connectivity index (χ4v) is 2.54. The first-order valence-electron chi connectivity index (χ1n) is 5.26. The van der Waals surface area contributed by atoms with Crippen molar-refractivity contribution in [2.24, 2.45) is 7.05 Å². The van der Waals surface area contributed by atoms with Crippen LogP contribution in [0.15, 0.2) is 24.7 Å². The zero-order chi connectivity index (χ0) is 13.6. The van der Waals surface area contributed by atoms with Crippen molar-refractivity contribution in [3.8, 4) is 10.8 Å². The molecule has 0 amide bonds. The number of aryl methyl sites for hydroxylation is 1. The van der Waals surface area contributed by atoms with Crippen LogP contribution < -0.4 is 0 Å². The number of imidazole rings is 1. The molecule has 0 aliphatic rings. The van der Waals surface area contributed by atoms with Crippen molar-refractivity contribution in [1.29, 1.82) is 0 Å². The van der Waals surface area contributed by atoms with Crippen LogP contribution in [0.4, 0.5) is 13.2 Å². The smallest absolute Gasteiger partial charge is 0.324 e. The summed E-state index contributed by atoms with van der Waals surface area (Å²) in [5.74, 6) is 0.406. The summed E-state index contributed by atoms with van der Waals surface area (Å²) in [5, 5.41) is 0.242. The number of alkyl halides is 3. The van der Waals surface area contributed by atoms with Crippen molar-refractivity contribution < 1.29 is 13.2 Å². The van der Waals surface area contributed by atoms with Gasteiger partial charge in [0.05, 0.1) is 23.4 Å². The van der Waals surface area contributed by atoms with Crippen molar-refractivity contribution in [2.45, 2.75) is 6.18 Å². The van der Waals surface area contributed by atoms with E-state index in [0.29, 0.717) is 22.7 Å². The lowest BCUT2D eigenvalue weighted by molar-refractivity contribution is -0.134. The summed E-state index contributed by atoms with van der Waals surface area (Å²) in [4.78, 5) is 11.3. The SMILES string of the molecule is Cn1c(-c2ncc(C(F)(F)F)s2)nc2ccncc21. The molecule has 0 aromatic carbocycles. The molecule has 0 radical (unpaired) electrons. The molecule has 98 valence electrons. The van der Waals surface area contributed by atoms with Gasteiger partial charge in [-0.25, -0.2) is 9.97 Å². The van der Waals surface area contributed by atoms with Gasteiger partial charge in [-0.15, -0.1) is 11.3 Å². The van der Waals surface area contributed by atoms with Crippen molar-refractivity contribution in [1.82, 2.24) is 19.5 Å². The number of thiazole rings is 1. The highest BCUT2D eigenvalue weighted by molar-refractivity contribution is 7.15. The van der Waals surface area contributed by atoms with Crippen molar-refractivity contribution in [3.63, 3.8) is 0 Å². The third-order valence-corrected chi connectivity index (χ3v) is 3.70. The maximum Gasteiger partial charge on any atom is 0.427 e. The standard InChI is InChI=1S/C11H7F3N4S/c1-18-7-4-15-3-2-6(7)17-9(18)10-16-5-8(19-10)11(12,13)14/h2-5H,1H3. The van der Waals surface area contributed by atoms with Crippen LogP contribution in [-0.4, -0.2) is 19.5 Å². The first-order chi connectivity index (χ1) is 8.97. The molecule has 0 atom stereocenters. The van der Waals surface area contributed by atoms with Crippen LogP contribution in [0, 0.1) is 0 Å². The zero-order valence-electron chi connectivity index (χ0n) is 9.64. The summed E-state index contributed by atoms with van der Waals surface area (Å²) in [6, 6.07) is 1.71. The molecule has 0 saturated heterocycles. The summed E-state index contributed by atoms with van der Waals surface area (Å²) in [5.41, 5.74) is 1.43. The van der Waals surface area contributed by atoms with Gasteiger partial charge < -0.3 is 4.57 Å². The van der Waals surface area contributed by atoms with Gasteiger partial charge in [-0.05, 0) is 6.07 Å². The fourth-order valence-electron chi connectivity index (χ4n) is 1.73. The maximum absolute atomic E-state index is 12.6. The highest BCUT2D eigenvalue weighted by Crippen LogP contribution is 2.36. The molecule has 3 aromatic heterocycles. The van der Waals surface area contributed by atoms with E-state index in [1.807, 2.05) is 0 Å². The Kier molecular flexibility index (Phi) is 2.56. The molecule has 0 unspecified atom stereocenters. The number of nitrogens with zero attached hydrogens (tertiary/aromatic N) is 4. The minimum absolute atomic E-state index is 0.242. The number of fused-ring (bicyclic) bond motifs is 1. The molecule has 3 aromatic rings. The molecule has 0 fully saturated rings. The summed E-state index contributed by atoms with van der Waals surface area (Å²) >= 11 is 0.582. The van der Waals surface area contributed by atoms with Gasteiger partial charge in [0, 0.05) is 13.2 Å². The average molecular weight is 284 g/mol. The molecule has 0 aliphatic carbocycles. The van der Waals surface area contributed by atoms with Crippen molar-refractivity contribution >= 4 is 22.4 Å². The Morgan fingerprint density at radius 2 is 2.05 bits per heavy atom. The van der Waals surface area contributed by atoms with Gasteiger partial charge in [0.15, 0.2) is 10.8 Å². The molecule has 0 saturated carbocycles. The van der Waals surface area contributed by atoms with Crippen LogP contribution in [0.25, 0.3) is 21.9 Å². The Labute approximate surface area is 109 Å². The molecule has 0 N–H and O–H groups in total. The summed E-state index contributed by atoms with van der Waals surface area (Å²) < 4.78 is 39.3. The predicted octanol–water partition coefficient (Wildman–Crippen LogP) is 3.11. The number of hydrogen-bond donors (Lipinski definition) is 0. The van der Waals surface area contributed by atoms with Crippen molar-refractivity contribution in [3.05, 3.63) is 29.5 Å². The van der Waals surface area contributed by atoms with E-state index in [1.54, 1.807) is 30.1 Å². The molecule has 8 heteroatoms. The van der Waals surface area contributed by atoms with Gasteiger partial charge >= 0.3 is 6.18 Å². The Bertz CT molecular complexity index is 744. The summed E-state index contributed by atoms with van der Waals surface area (Å²) in [6.07, 6.45) is -0.341. The number of halogens is 3. The van der Waals surface area contributed by atoms with E-state index in [0.717, 1.165) is 11.7 Å². The largest absolute Gasteiger partial charge is 0.427 e. The number of aromatic nitrogens is 4. The van der Waals surface area contributed by atoms with E-state index in [-0.39, 0.29) is 5.01 Å². The normalized spacial score (nSPS) is 12.2. The van der Waals surface area contributed by atoms with Crippen LogP contribution in [-0.2, 0) is 13.2 Å². The zero-order valence-corrected chi connectivity index (χ0v) is 10.5. The van der Waals surface area contributed by atoms with E-state index < -0.39 is 11.1 Å². The van der Waals surface area contributed by atoms with Crippen LogP contribution in [0.2, 0.25) is 0 Å². The van der Waals surface area contributed by atoms with Gasteiger partial charge in [0.2, 0.25) is 0 Å². The lowest BCUT2D eigenvalue weighted by Crippen LogP contribution is -2.00. The lowest BCUT2D eigenvalue weighted by atomic mass is 10.4. The topological polar surface area (TPSA) is 43.6 Å². The lowest BCUT2D eigenvalue weighted by Gasteiger charge is -2.00. The second-order valence-electron chi connectivity index (χ2n) is 3.89. The summed E-state index contributed by atoms with van der Waals surface area (Å²) in [7, 11) is 1.72. The van der Waals surface area contributed by atoms with Gasteiger partial charge in [-0.1, -0.05) is 0 Å². The van der Waals surface area contributed by atoms with Gasteiger partial charge in [0.25, 0.3) is 0 Å². The van der Waals surface area contributed by atoms with Crippen LogP contribution in [0.5, 0.6) is 0 Å². The molecular formula is C11H7F3N4S. The predicted molar refractivity (Wildman–Crippen MR) is 64.6 cm³/mol. The summed E-state index contributed by atoms with van der Waals surface area (Å²) in [6.45, 7) is 0. The van der Waals surface area contributed by atoms with Gasteiger partial charge in [-0.3, -0.25) is 4.98 Å². The van der Waals surface area contributed by atoms with Crippen LogP contribution >= 0.6 is 11.3 Å². The Hall–Kier alpha value is -1.96. The van der Waals surface area contributed by atoms with Crippen molar-refractivity contribution in [2.75, 3.05) is 0 Å². The Morgan fingerprint density at radius 3 is 2.68 bits per heavy atom. The van der Waals surface area contributed by atoms with E-state index in [4.69, 9.17) is 0 Å². The Morgan fingerprint density at radius 1 is 1.26 bits per heavy atom. The third kappa shape index (κ3) is 1.97. The second-order valence-corrected chi connectivity index (χ2v) is 4.92. The number of rotatable bonds is 1. The second kappa shape index (κ2) is 4.02. The molecular weight excluding hydrogens is 277 g/mol. The first-order valence-corrected chi connectivity index (χ1v) is 6.08. The molecule has 3 heterocycles. The highest BCUT2D eigenvalue weighted by Gasteiger charge is 2.33. The monoisotopic (exact) mass is 284 g/mol. The van der Waals surface area contributed by atoms with Gasteiger partial charge in [0.1, 0.15) is 4.88 Å². The third-order valence-electron chi connectivity index (χ3n) is 2.66. The minimum atomic E-state index is -4.37. The molecule has 0 bridgehead atoms. The van der Waals surface area contributed by atoms with E-state index in [1.165, 1.54) is 0 Å². The molecule has 0 spiro atoms. The number of pyridine rings is 1.